The second kappa shape index (κ2) is 4.58. The van der Waals surface area contributed by atoms with E-state index in [0.29, 0.717) is 18.1 Å². The second-order valence-corrected chi connectivity index (χ2v) is 5.23. The lowest BCUT2D eigenvalue weighted by Crippen LogP contribution is -2.18. The summed E-state index contributed by atoms with van der Waals surface area (Å²) in [5.41, 5.74) is 2.20. The Balaban J connectivity index is 2.21. The van der Waals surface area contributed by atoms with E-state index >= 15 is 0 Å². The number of hydrogen-bond donors (Lipinski definition) is 0. The van der Waals surface area contributed by atoms with Crippen molar-refractivity contribution in [3.8, 4) is 0 Å². The maximum absolute atomic E-state index is 11.9. The van der Waals surface area contributed by atoms with E-state index in [2.05, 4.69) is 13.0 Å². The van der Waals surface area contributed by atoms with Crippen LogP contribution in [0.25, 0.3) is 0 Å². The summed E-state index contributed by atoms with van der Waals surface area (Å²) in [6, 6.07) is 8.02. The highest BCUT2D eigenvalue weighted by molar-refractivity contribution is 6.17. The van der Waals surface area contributed by atoms with Crippen molar-refractivity contribution in [3.63, 3.8) is 0 Å². The lowest BCUT2D eigenvalue weighted by molar-refractivity contribution is 0.0974. The molecule has 0 fully saturated rings. The third kappa shape index (κ3) is 2.01. The molecule has 1 aromatic rings. The van der Waals surface area contributed by atoms with Crippen LogP contribution in [-0.2, 0) is 5.41 Å². The first-order valence-corrected chi connectivity index (χ1v) is 6.39. The Bertz CT molecular complexity index is 399. The number of benzene rings is 1. The van der Waals surface area contributed by atoms with Crippen molar-refractivity contribution in [3.05, 3.63) is 35.4 Å². The summed E-state index contributed by atoms with van der Waals surface area (Å²) in [6.45, 7) is 2.20. The van der Waals surface area contributed by atoms with Gasteiger partial charge in [-0.2, -0.15) is 0 Å². The molecule has 16 heavy (non-hydrogen) atoms. The molecule has 1 nitrogen and oxygen atoms in total. The zero-order chi connectivity index (χ0) is 11.6. The van der Waals surface area contributed by atoms with Crippen LogP contribution in [0.4, 0.5) is 0 Å². The van der Waals surface area contributed by atoms with Gasteiger partial charge in [-0.15, -0.1) is 11.6 Å². The highest BCUT2D eigenvalue weighted by Crippen LogP contribution is 2.41. The Labute approximate surface area is 102 Å². The number of unbranched alkanes of at least 4 members (excludes halogenated alkanes) is 1. The fourth-order valence-corrected chi connectivity index (χ4v) is 2.82. The van der Waals surface area contributed by atoms with Crippen LogP contribution in [-0.4, -0.2) is 11.7 Å². The van der Waals surface area contributed by atoms with Gasteiger partial charge in [0.1, 0.15) is 0 Å². The maximum Gasteiger partial charge on any atom is 0.164 e. The molecule has 1 atom stereocenters. The predicted octanol–water partition coefficient (Wildman–Crippen LogP) is 3.94. The topological polar surface area (TPSA) is 17.1 Å². The van der Waals surface area contributed by atoms with Crippen molar-refractivity contribution < 1.29 is 4.79 Å². The maximum atomic E-state index is 11.9. The molecule has 0 aromatic heterocycles. The number of hydrogen-bond acceptors (Lipinski definition) is 1. The Morgan fingerprint density at radius 1 is 1.31 bits per heavy atom. The Morgan fingerprint density at radius 2 is 2.06 bits per heavy atom. The van der Waals surface area contributed by atoms with Crippen LogP contribution in [0.15, 0.2) is 24.3 Å². The second-order valence-electron chi connectivity index (χ2n) is 4.85. The van der Waals surface area contributed by atoms with Crippen molar-refractivity contribution in [2.24, 2.45) is 0 Å². The molecule has 2 rings (SSSR count). The summed E-state index contributed by atoms with van der Waals surface area (Å²) in [4.78, 5) is 11.9. The van der Waals surface area contributed by atoms with Gasteiger partial charge >= 0.3 is 0 Å². The van der Waals surface area contributed by atoms with Crippen molar-refractivity contribution in [2.75, 3.05) is 5.88 Å². The Kier molecular flexibility index (Phi) is 3.34. The minimum atomic E-state index is 0.0414. The number of rotatable bonds is 4. The number of carbonyl (C=O) groups excluding carboxylic acids is 1. The largest absolute Gasteiger partial charge is 0.294 e. The number of ketones is 1. The van der Waals surface area contributed by atoms with Crippen molar-refractivity contribution in [2.45, 2.75) is 38.0 Å². The third-order valence-electron chi connectivity index (χ3n) is 3.54. The first-order chi connectivity index (χ1) is 7.67. The average Bonchev–Trinajstić information content (AvgIpc) is 2.53. The Morgan fingerprint density at radius 3 is 2.81 bits per heavy atom. The van der Waals surface area contributed by atoms with E-state index in [1.807, 2.05) is 18.2 Å². The van der Waals surface area contributed by atoms with E-state index in [0.717, 1.165) is 24.8 Å². The van der Waals surface area contributed by atoms with E-state index in [9.17, 15) is 4.79 Å². The fraction of sp³-hybridized carbons (Fsp3) is 0.500. The van der Waals surface area contributed by atoms with Crippen LogP contribution in [0.1, 0.15) is 48.5 Å². The molecule has 0 spiro atoms. The first-order valence-electron chi connectivity index (χ1n) is 5.86. The molecule has 86 valence electrons. The van der Waals surface area contributed by atoms with Gasteiger partial charge in [0.15, 0.2) is 5.78 Å². The van der Waals surface area contributed by atoms with Gasteiger partial charge in [0.25, 0.3) is 0 Å². The molecule has 0 bridgehead atoms. The van der Waals surface area contributed by atoms with Crippen LogP contribution in [0.3, 0.4) is 0 Å². The molecule has 1 aliphatic rings. The molecule has 1 aromatic carbocycles. The minimum Gasteiger partial charge on any atom is -0.294 e. The molecular weight excluding hydrogens is 220 g/mol. The SMILES string of the molecule is CC1(CCCCCl)CC(=O)c2ccccc21. The quantitative estimate of drug-likeness (QED) is 0.572. The average molecular weight is 237 g/mol. The standard InChI is InChI=1S/C14H17ClO/c1-14(8-4-5-9-15)10-13(16)11-6-2-3-7-12(11)14/h2-3,6-7H,4-5,8-10H2,1H3. The van der Waals surface area contributed by atoms with Crippen LogP contribution >= 0.6 is 11.6 Å². The zero-order valence-corrected chi connectivity index (χ0v) is 10.4. The predicted molar refractivity (Wildman–Crippen MR) is 67.3 cm³/mol. The fourth-order valence-electron chi connectivity index (χ4n) is 2.63. The molecule has 0 N–H and O–H groups in total. The molecular formula is C14H17ClO. The molecule has 0 amide bonds. The molecule has 0 radical (unpaired) electrons. The first kappa shape index (κ1) is 11.7. The van der Waals surface area contributed by atoms with E-state index in [4.69, 9.17) is 11.6 Å². The normalized spacial score (nSPS) is 23.5. The molecule has 1 unspecified atom stereocenters. The van der Waals surface area contributed by atoms with E-state index in [1.54, 1.807) is 0 Å². The minimum absolute atomic E-state index is 0.0414. The highest BCUT2D eigenvalue weighted by atomic mass is 35.5. The third-order valence-corrected chi connectivity index (χ3v) is 3.81. The van der Waals surface area contributed by atoms with Crippen LogP contribution in [0.2, 0.25) is 0 Å². The van der Waals surface area contributed by atoms with E-state index in [-0.39, 0.29) is 5.41 Å². The summed E-state index contributed by atoms with van der Waals surface area (Å²) in [6.07, 6.45) is 3.85. The van der Waals surface area contributed by atoms with Crippen molar-refractivity contribution in [1.29, 1.82) is 0 Å². The van der Waals surface area contributed by atoms with Crippen LogP contribution in [0.5, 0.6) is 0 Å². The lowest BCUT2D eigenvalue weighted by atomic mass is 9.79. The smallest absolute Gasteiger partial charge is 0.164 e. The number of carbonyl (C=O) groups is 1. The molecule has 0 heterocycles. The van der Waals surface area contributed by atoms with Crippen molar-refractivity contribution >= 4 is 17.4 Å². The molecule has 2 heteroatoms. The summed E-state index contributed by atoms with van der Waals surface area (Å²) in [7, 11) is 0. The van der Waals surface area contributed by atoms with Gasteiger partial charge in [-0.05, 0) is 18.4 Å². The van der Waals surface area contributed by atoms with E-state index < -0.39 is 0 Å². The van der Waals surface area contributed by atoms with Gasteiger partial charge in [0, 0.05) is 23.3 Å². The summed E-state index contributed by atoms with van der Waals surface area (Å²) >= 11 is 5.69. The molecule has 0 aliphatic heterocycles. The van der Waals surface area contributed by atoms with Gasteiger partial charge in [-0.25, -0.2) is 0 Å². The Hall–Kier alpha value is -0.820. The summed E-state index contributed by atoms with van der Waals surface area (Å²) in [5.74, 6) is 1.01. The molecule has 1 aliphatic carbocycles. The van der Waals surface area contributed by atoms with Gasteiger partial charge in [-0.1, -0.05) is 37.6 Å². The van der Waals surface area contributed by atoms with Gasteiger partial charge < -0.3 is 0 Å². The van der Waals surface area contributed by atoms with Crippen LogP contribution < -0.4 is 0 Å². The van der Waals surface area contributed by atoms with Crippen molar-refractivity contribution in [1.82, 2.24) is 0 Å². The van der Waals surface area contributed by atoms with Crippen LogP contribution in [0, 0.1) is 0 Å². The number of alkyl halides is 1. The highest BCUT2D eigenvalue weighted by Gasteiger charge is 2.38. The number of halogens is 1. The molecule has 0 saturated heterocycles. The number of Topliss-reactive ketones (excluding diaryl/α,β-unsaturated/α-hetero) is 1. The van der Waals surface area contributed by atoms with Gasteiger partial charge in [0.2, 0.25) is 0 Å². The monoisotopic (exact) mass is 236 g/mol. The van der Waals surface area contributed by atoms with Gasteiger partial charge in [0.05, 0.1) is 0 Å². The zero-order valence-electron chi connectivity index (χ0n) is 9.63. The molecule has 0 saturated carbocycles. The summed E-state index contributed by atoms with van der Waals surface area (Å²) in [5, 5.41) is 0. The number of fused-ring (bicyclic) bond motifs is 1. The van der Waals surface area contributed by atoms with Gasteiger partial charge in [-0.3, -0.25) is 4.79 Å². The summed E-state index contributed by atoms with van der Waals surface area (Å²) < 4.78 is 0. The lowest BCUT2D eigenvalue weighted by Gasteiger charge is -2.24. The van der Waals surface area contributed by atoms with E-state index in [1.165, 1.54) is 5.56 Å².